The lowest BCUT2D eigenvalue weighted by Crippen LogP contribution is -1.96. The third-order valence-electron chi connectivity index (χ3n) is 1.85. The maximum Gasteiger partial charge on any atom is 0.269 e. The third kappa shape index (κ3) is 2.26. The number of hydrogen-bond acceptors (Lipinski definition) is 3. The van der Waals surface area contributed by atoms with Crippen molar-refractivity contribution in [2.75, 3.05) is 0 Å². The molecule has 1 rings (SSSR count). The molecule has 0 heterocycles. The van der Waals surface area contributed by atoms with Crippen LogP contribution < -0.4 is 0 Å². The first-order valence-corrected chi connectivity index (χ1v) is 4.07. The number of hydrogen-bond donors (Lipinski definition) is 1. The molecule has 0 aliphatic carbocycles. The number of aliphatic hydroxyl groups is 1. The van der Waals surface area contributed by atoms with Crippen LogP contribution in [-0.4, -0.2) is 10.0 Å². The van der Waals surface area contributed by atoms with Gasteiger partial charge >= 0.3 is 0 Å². The van der Waals surface area contributed by atoms with Crippen molar-refractivity contribution in [1.29, 1.82) is 0 Å². The Morgan fingerprint density at radius 2 is 2.31 bits per heavy atom. The fourth-order valence-electron chi connectivity index (χ4n) is 1.08. The smallest absolute Gasteiger partial charge is 0.269 e. The Labute approximate surface area is 76.0 Å². The van der Waals surface area contributed by atoms with Gasteiger partial charge in [0.25, 0.3) is 5.69 Å². The van der Waals surface area contributed by atoms with Gasteiger partial charge in [-0.15, -0.1) is 0 Å². The van der Waals surface area contributed by atoms with Crippen molar-refractivity contribution in [3.63, 3.8) is 0 Å². The van der Waals surface area contributed by atoms with E-state index < -0.39 is 11.0 Å². The molecule has 0 amide bonds. The first-order valence-electron chi connectivity index (χ1n) is 4.07. The van der Waals surface area contributed by atoms with Crippen LogP contribution in [0.4, 0.5) is 5.69 Å². The van der Waals surface area contributed by atoms with Crippen LogP contribution in [0.1, 0.15) is 25.0 Å². The molecular weight excluding hydrogens is 170 g/mol. The first-order chi connectivity index (χ1) is 6.15. The topological polar surface area (TPSA) is 63.4 Å². The van der Waals surface area contributed by atoms with Crippen LogP contribution in [0.25, 0.3) is 0 Å². The molecule has 0 spiro atoms. The van der Waals surface area contributed by atoms with Gasteiger partial charge in [-0.25, -0.2) is 0 Å². The summed E-state index contributed by atoms with van der Waals surface area (Å²) in [5.41, 5.74) is 0.613. The van der Waals surface area contributed by atoms with Crippen LogP contribution in [0.2, 0.25) is 0 Å². The van der Waals surface area contributed by atoms with E-state index in [1.165, 1.54) is 12.1 Å². The van der Waals surface area contributed by atoms with E-state index in [-0.39, 0.29) is 5.69 Å². The van der Waals surface area contributed by atoms with Gasteiger partial charge in [0.05, 0.1) is 11.0 Å². The Balaban J connectivity index is 2.98. The lowest BCUT2D eigenvalue weighted by Gasteiger charge is -2.06. The van der Waals surface area contributed by atoms with Gasteiger partial charge < -0.3 is 5.11 Å². The monoisotopic (exact) mass is 181 g/mol. The fraction of sp³-hybridized carbons (Fsp3) is 0.333. The first kappa shape index (κ1) is 9.67. The highest BCUT2D eigenvalue weighted by atomic mass is 16.6. The summed E-state index contributed by atoms with van der Waals surface area (Å²) in [4.78, 5) is 9.92. The van der Waals surface area contributed by atoms with E-state index >= 15 is 0 Å². The molecule has 0 radical (unpaired) electrons. The molecule has 1 aromatic rings. The molecule has 1 aromatic carbocycles. The second-order valence-electron chi connectivity index (χ2n) is 2.78. The highest BCUT2D eigenvalue weighted by Crippen LogP contribution is 2.20. The molecule has 0 aliphatic rings. The summed E-state index contributed by atoms with van der Waals surface area (Å²) >= 11 is 0. The predicted molar refractivity (Wildman–Crippen MR) is 48.3 cm³/mol. The molecule has 0 saturated carbocycles. The molecule has 4 nitrogen and oxygen atoms in total. The molecule has 0 aliphatic heterocycles. The molecule has 70 valence electrons. The van der Waals surface area contributed by atoms with Gasteiger partial charge in [-0.3, -0.25) is 10.1 Å². The number of nitrogens with zero attached hydrogens (tertiary/aromatic N) is 1. The number of benzene rings is 1. The van der Waals surface area contributed by atoms with E-state index in [0.717, 1.165) is 0 Å². The molecule has 1 N–H and O–H groups in total. The normalized spacial score (nSPS) is 12.5. The van der Waals surface area contributed by atoms with Gasteiger partial charge in [-0.05, 0) is 12.0 Å². The Hall–Kier alpha value is -1.42. The van der Waals surface area contributed by atoms with E-state index in [4.69, 9.17) is 0 Å². The lowest BCUT2D eigenvalue weighted by molar-refractivity contribution is -0.385. The summed E-state index contributed by atoms with van der Waals surface area (Å²) in [7, 11) is 0. The van der Waals surface area contributed by atoms with Gasteiger partial charge in [0.15, 0.2) is 0 Å². The summed E-state index contributed by atoms with van der Waals surface area (Å²) in [6.07, 6.45) is -0.0545. The van der Waals surface area contributed by atoms with Crippen LogP contribution in [-0.2, 0) is 0 Å². The van der Waals surface area contributed by atoms with Gasteiger partial charge in [-0.2, -0.15) is 0 Å². The summed E-state index contributed by atoms with van der Waals surface area (Å²) in [5.74, 6) is 0. The molecule has 13 heavy (non-hydrogen) atoms. The van der Waals surface area contributed by atoms with Crippen LogP contribution in [0.3, 0.4) is 0 Å². The summed E-state index contributed by atoms with van der Waals surface area (Å²) < 4.78 is 0. The molecule has 0 aromatic heterocycles. The van der Waals surface area contributed by atoms with Crippen molar-refractivity contribution in [3.8, 4) is 0 Å². The SMILES string of the molecule is CC[C@@H](O)c1cccc([N+](=O)[O-])c1. The van der Waals surface area contributed by atoms with E-state index in [1.54, 1.807) is 12.1 Å². The molecular formula is C9H11NO3. The third-order valence-corrected chi connectivity index (χ3v) is 1.85. The number of nitro benzene ring substituents is 1. The Morgan fingerprint density at radius 1 is 1.62 bits per heavy atom. The molecule has 0 bridgehead atoms. The second kappa shape index (κ2) is 4.00. The predicted octanol–water partition coefficient (Wildman–Crippen LogP) is 2.04. The fourth-order valence-corrected chi connectivity index (χ4v) is 1.08. The maximum absolute atomic E-state index is 10.4. The number of nitro groups is 1. The van der Waals surface area contributed by atoms with Crippen molar-refractivity contribution >= 4 is 5.69 Å². The lowest BCUT2D eigenvalue weighted by atomic mass is 10.1. The highest BCUT2D eigenvalue weighted by molar-refractivity contribution is 5.35. The van der Waals surface area contributed by atoms with Gasteiger partial charge in [0, 0.05) is 12.1 Å². The summed E-state index contributed by atoms with van der Waals surface area (Å²) in [5, 5.41) is 19.8. The summed E-state index contributed by atoms with van der Waals surface area (Å²) in [6.45, 7) is 1.82. The Morgan fingerprint density at radius 3 is 2.85 bits per heavy atom. The van der Waals surface area contributed by atoms with Crippen LogP contribution in [0.15, 0.2) is 24.3 Å². The maximum atomic E-state index is 10.4. The van der Waals surface area contributed by atoms with Gasteiger partial charge in [-0.1, -0.05) is 19.1 Å². The minimum absolute atomic E-state index is 0.0185. The molecule has 4 heteroatoms. The number of rotatable bonds is 3. The van der Waals surface area contributed by atoms with Gasteiger partial charge in [0.2, 0.25) is 0 Å². The quantitative estimate of drug-likeness (QED) is 0.573. The molecule has 1 atom stereocenters. The van der Waals surface area contributed by atoms with Crippen molar-refractivity contribution < 1.29 is 10.0 Å². The zero-order chi connectivity index (χ0) is 9.84. The van der Waals surface area contributed by atoms with E-state index in [9.17, 15) is 15.2 Å². The van der Waals surface area contributed by atoms with Crippen molar-refractivity contribution in [2.24, 2.45) is 0 Å². The molecule has 0 fully saturated rings. The highest BCUT2D eigenvalue weighted by Gasteiger charge is 2.09. The standard InChI is InChI=1S/C9H11NO3/c1-2-9(11)7-4-3-5-8(6-7)10(12)13/h3-6,9,11H,2H2,1H3/t9-/m1/s1. The average Bonchev–Trinajstić information content (AvgIpc) is 2.17. The van der Waals surface area contributed by atoms with Crippen LogP contribution >= 0.6 is 0 Å². The number of aliphatic hydroxyl groups excluding tert-OH is 1. The average molecular weight is 181 g/mol. The Kier molecular flexibility index (Phi) is 2.97. The molecule has 0 unspecified atom stereocenters. The minimum Gasteiger partial charge on any atom is -0.388 e. The zero-order valence-corrected chi connectivity index (χ0v) is 7.30. The van der Waals surface area contributed by atoms with Gasteiger partial charge in [0.1, 0.15) is 0 Å². The van der Waals surface area contributed by atoms with E-state index in [2.05, 4.69) is 0 Å². The van der Waals surface area contributed by atoms with Crippen molar-refractivity contribution in [2.45, 2.75) is 19.4 Å². The largest absolute Gasteiger partial charge is 0.388 e. The number of non-ortho nitro benzene ring substituents is 1. The zero-order valence-electron chi connectivity index (χ0n) is 7.30. The van der Waals surface area contributed by atoms with Crippen LogP contribution in [0, 0.1) is 10.1 Å². The van der Waals surface area contributed by atoms with Crippen molar-refractivity contribution in [3.05, 3.63) is 39.9 Å². The van der Waals surface area contributed by atoms with E-state index in [0.29, 0.717) is 12.0 Å². The Bertz CT molecular complexity index is 311. The van der Waals surface area contributed by atoms with E-state index in [1.807, 2.05) is 6.92 Å². The summed E-state index contributed by atoms with van der Waals surface area (Å²) in [6, 6.07) is 6.06. The second-order valence-corrected chi connectivity index (χ2v) is 2.78. The van der Waals surface area contributed by atoms with Crippen molar-refractivity contribution in [1.82, 2.24) is 0 Å². The minimum atomic E-state index is -0.611. The molecule has 0 saturated heterocycles. The van der Waals surface area contributed by atoms with Crippen LogP contribution in [0.5, 0.6) is 0 Å².